The normalized spacial score (nSPS) is 10.2. The average Bonchev–Trinajstić information content (AvgIpc) is 2.74. The van der Waals surface area contributed by atoms with E-state index in [9.17, 15) is 14.0 Å². The van der Waals surface area contributed by atoms with Crippen molar-refractivity contribution in [2.24, 2.45) is 0 Å². The highest BCUT2D eigenvalue weighted by atomic mass is 19.1. The number of hydrogen-bond acceptors (Lipinski definition) is 5. The molecule has 0 atom stereocenters. The molecular formula is C23H19FO5. The number of rotatable bonds is 8. The third-order valence-electron chi connectivity index (χ3n) is 3.91. The molecule has 0 aliphatic heterocycles. The van der Waals surface area contributed by atoms with Crippen LogP contribution in [0.4, 0.5) is 4.39 Å². The van der Waals surface area contributed by atoms with Gasteiger partial charge in [0.25, 0.3) is 0 Å². The fourth-order valence-electron chi connectivity index (χ4n) is 2.49. The maximum absolute atomic E-state index is 12.9. The van der Waals surface area contributed by atoms with Crippen LogP contribution in [0.1, 0.15) is 15.9 Å². The Morgan fingerprint density at radius 3 is 2.14 bits per heavy atom. The van der Waals surface area contributed by atoms with Gasteiger partial charge in [0, 0.05) is 0 Å². The van der Waals surface area contributed by atoms with E-state index in [0.717, 1.165) is 0 Å². The highest BCUT2D eigenvalue weighted by Crippen LogP contribution is 2.15. The Bertz CT molecular complexity index is 937. The molecule has 3 rings (SSSR count). The molecular weight excluding hydrogens is 375 g/mol. The molecule has 6 heteroatoms. The van der Waals surface area contributed by atoms with Crippen LogP contribution in [-0.2, 0) is 16.0 Å². The molecule has 0 saturated carbocycles. The molecule has 3 aromatic carbocycles. The van der Waals surface area contributed by atoms with Crippen molar-refractivity contribution < 1.29 is 28.2 Å². The topological polar surface area (TPSA) is 61.8 Å². The van der Waals surface area contributed by atoms with E-state index in [-0.39, 0.29) is 25.5 Å². The van der Waals surface area contributed by atoms with Crippen LogP contribution >= 0.6 is 0 Å². The SMILES string of the molecule is O=C(Cc1ccc(F)cc1)Oc1ccc(C(=O)OCCOc2ccccc2)cc1. The van der Waals surface area contributed by atoms with Crippen molar-refractivity contribution in [3.63, 3.8) is 0 Å². The molecule has 0 radical (unpaired) electrons. The highest BCUT2D eigenvalue weighted by molar-refractivity contribution is 5.89. The second kappa shape index (κ2) is 10.0. The minimum absolute atomic E-state index is 0.0193. The molecule has 5 nitrogen and oxygen atoms in total. The Labute approximate surface area is 167 Å². The zero-order chi connectivity index (χ0) is 20.5. The van der Waals surface area contributed by atoms with Crippen LogP contribution in [0.5, 0.6) is 11.5 Å². The second-order valence-electron chi connectivity index (χ2n) is 6.10. The molecule has 0 N–H and O–H groups in total. The van der Waals surface area contributed by atoms with Gasteiger partial charge in [0.1, 0.15) is 30.5 Å². The van der Waals surface area contributed by atoms with Gasteiger partial charge >= 0.3 is 11.9 Å². The molecule has 0 bridgehead atoms. The van der Waals surface area contributed by atoms with E-state index >= 15 is 0 Å². The van der Waals surface area contributed by atoms with E-state index in [4.69, 9.17) is 14.2 Å². The van der Waals surface area contributed by atoms with E-state index in [1.807, 2.05) is 30.3 Å². The second-order valence-corrected chi connectivity index (χ2v) is 6.10. The minimum Gasteiger partial charge on any atom is -0.490 e. The summed E-state index contributed by atoms with van der Waals surface area (Å²) in [5.74, 6) is -0.330. The Hall–Kier alpha value is -3.67. The van der Waals surface area contributed by atoms with E-state index in [2.05, 4.69) is 0 Å². The van der Waals surface area contributed by atoms with E-state index < -0.39 is 11.9 Å². The first-order valence-electron chi connectivity index (χ1n) is 9.00. The Kier molecular flexibility index (Phi) is 6.95. The summed E-state index contributed by atoms with van der Waals surface area (Å²) in [6, 6.07) is 20.9. The zero-order valence-electron chi connectivity index (χ0n) is 15.5. The van der Waals surface area contributed by atoms with Crippen LogP contribution < -0.4 is 9.47 Å². The minimum atomic E-state index is -0.495. The molecule has 0 aliphatic rings. The molecule has 0 aromatic heterocycles. The molecule has 29 heavy (non-hydrogen) atoms. The molecule has 3 aromatic rings. The smallest absolute Gasteiger partial charge is 0.338 e. The molecule has 148 valence electrons. The lowest BCUT2D eigenvalue weighted by Crippen LogP contribution is -2.13. The number of halogens is 1. The number of esters is 2. The third kappa shape index (κ3) is 6.46. The first-order valence-corrected chi connectivity index (χ1v) is 9.00. The molecule has 0 heterocycles. The molecule has 0 spiro atoms. The maximum Gasteiger partial charge on any atom is 0.338 e. The van der Waals surface area contributed by atoms with Crippen molar-refractivity contribution in [3.05, 3.63) is 95.8 Å². The maximum atomic E-state index is 12.9. The van der Waals surface area contributed by atoms with Gasteiger partial charge in [-0.25, -0.2) is 9.18 Å². The highest BCUT2D eigenvalue weighted by Gasteiger charge is 2.10. The fourth-order valence-corrected chi connectivity index (χ4v) is 2.49. The van der Waals surface area contributed by atoms with Gasteiger partial charge in [-0.1, -0.05) is 30.3 Å². The van der Waals surface area contributed by atoms with Crippen molar-refractivity contribution >= 4 is 11.9 Å². The van der Waals surface area contributed by atoms with Crippen molar-refractivity contribution in [3.8, 4) is 11.5 Å². The Morgan fingerprint density at radius 1 is 0.759 bits per heavy atom. The van der Waals surface area contributed by atoms with Crippen LogP contribution in [0.25, 0.3) is 0 Å². The van der Waals surface area contributed by atoms with Crippen LogP contribution in [0.3, 0.4) is 0 Å². The lowest BCUT2D eigenvalue weighted by Gasteiger charge is -2.08. The largest absolute Gasteiger partial charge is 0.490 e. The van der Waals surface area contributed by atoms with Crippen molar-refractivity contribution in [2.45, 2.75) is 6.42 Å². The number of ether oxygens (including phenoxy) is 3. The standard InChI is InChI=1S/C23H19FO5/c24-19-10-6-17(7-11-19)16-22(25)29-21-12-8-18(9-13-21)23(26)28-15-14-27-20-4-2-1-3-5-20/h1-13H,14-16H2. The summed E-state index contributed by atoms with van der Waals surface area (Å²) in [6.45, 7) is 0.358. The quantitative estimate of drug-likeness (QED) is 0.325. The third-order valence-corrected chi connectivity index (χ3v) is 3.91. The summed E-state index contributed by atoms with van der Waals surface area (Å²) in [7, 11) is 0. The van der Waals surface area contributed by atoms with Gasteiger partial charge in [-0.05, 0) is 54.1 Å². The Balaban J connectivity index is 1.43. The predicted octanol–water partition coefficient (Wildman–Crippen LogP) is 4.21. The summed E-state index contributed by atoms with van der Waals surface area (Å²) in [6.07, 6.45) is 0.0193. The molecule has 0 fully saturated rings. The van der Waals surface area contributed by atoms with Crippen LogP contribution in [0.2, 0.25) is 0 Å². The van der Waals surface area contributed by atoms with Gasteiger partial charge in [0.15, 0.2) is 0 Å². The first-order chi connectivity index (χ1) is 14.1. The van der Waals surface area contributed by atoms with E-state index in [0.29, 0.717) is 22.6 Å². The zero-order valence-corrected chi connectivity index (χ0v) is 15.5. The fraction of sp³-hybridized carbons (Fsp3) is 0.130. The summed E-state index contributed by atoms with van der Waals surface area (Å²) in [5.41, 5.74) is 0.984. The van der Waals surface area contributed by atoms with Crippen molar-refractivity contribution in [1.29, 1.82) is 0 Å². The average molecular weight is 394 g/mol. The predicted molar refractivity (Wildman–Crippen MR) is 104 cm³/mol. The van der Waals surface area contributed by atoms with Crippen LogP contribution in [-0.4, -0.2) is 25.2 Å². The monoisotopic (exact) mass is 394 g/mol. The van der Waals surface area contributed by atoms with E-state index in [1.165, 1.54) is 48.5 Å². The molecule has 0 amide bonds. The van der Waals surface area contributed by atoms with Gasteiger partial charge in [-0.2, -0.15) is 0 Å². The number of para-hydroxylation sites is 1. The van der Waals surface area contributed by atoms with Gasteiger partial charge in [0.05, 0.1) is 12.0 Å². The summed E-state index contributed by atoms with van der Waals surface area (Å²) in [5, 5.41) is 0. The van der Waals surface area contributed by atoms with Crippen LogP contribution in [0, 0.1) is 5.82 Å². The van der Waals surface area contributed by atoms with Crippen molar-refractivity contribution in [1.82, 2.24) is 0 Å². The Morgan fingerprint density at radius 2 is 1.45 bits per heavy atom. The number of hydrogen-bond donors (Lipinski definition) is 0. The van der Waals surface area contributed by atoms with Crippen LogP contribution in [0.15, 0.2) is 78.9 Å². The summed E-state index contributed by atoms with van der Waals surface area (Å²) >= 11 is 0. The van der Waals surface area contributed by atoms with Crippen molar-refractivity contribution in [2.75, 3.05) is 13.2 Å². The van der Waals surface area contributed by atoms with Gasteiger partial charge in [0.2, 0.25) is 0 Å². The lowest BCUT2D eigenvalue weighted by atomic mass is 10.1. The molecule has 0 unspecified atom stereocenters. The van der Waals surface area contributed by atoms with Gasteiger partial charge in [-0.3, -0.25) is 4.79 Å². The summed E-state index contributed by atoms with van der Waals surface area (Å²) < 4.78 is 28.7. The molecule has 0 aliphatic carbocycles. The lowest BCUT2D eigenvalue weighted by molar-refractivity contribution is -0.133. The molecule has 0 saturated heterocycles. The van der Waals surface area contributed by atoms with Gasteiger partial charge < -0.3 is 14.2 Å². The number of carbonyl (C=O) groups is 2. The number of benzene rings is 3. The summed E-state index contributed by atoms with van der Waals surface area (Å²) in [4.78, 5) is 24.0. The van der Waals surface area contributed by atoms with E-state index in [1.54, 1.807) is 0 Å². The number of carbonyl (C=O) groups excluding carboxylic acids is 2. The first kappa shape index (κ1) is 20.1. The van der Waals surface area contributed by atoms with Gasteiger partial charge in [-0.15, -0.1) is 0 Å².